The lowest BCUT2D eigenvalue weighted by atomic mass is 9.87. The standard InChI is InChI=1S/C10H9F13O/c1-3-4(2)24-5(8(15,16)17,9(18,19)20)6(11,12)7(13,14)10(21,22)23/h4H,3H2,1-2H3. The van der Waals surface area contributed by atoms with E-state index in [2.05, 4.69) is 4.74 Å². The van der Waals surface area contributed by atoms with Gasteiger partial charge in [-0.15, -0.1) is 0 Å². The van der Waals surface area contributed by atoms with Crippen LogP contribution in [0.5, 0.6) is 0 Å². The molecular formula is C10H9F13O. The highest BCUT2D eigenvalue weighted by molar-refractivity contribution is 5.14. The predicted molar refractivity (Wildman–Crippen MR) is 51.6 cm³/mol. The van der Waals surface area contributed by atoms with Crippen LogP contribution in [0.2, 0.25) is 0 Å². The Kier molecular flexibility index (Phi) is 5.85. The fourth-order valence-electron chi connectivity index (χ4n) is 1.51. The molecule has 1 nitrogen and oxygen atoms in total. The molecule has 0 fully saturated rings. The van der Waals surface area contributed by atoms with Crippen LogP contribution in [0.1, 0.15) is 20.3 Å². The molecule has 0 bridgehead atoms. The zero-order chi connectivity index (χ0) is 20.0. The van der Waals surface area contributed by atoms with Gasteiger partial charge in [0.25, 0.3) is 0 Å². The molecule has 0 aliphatic rings. The normalized spacial score (nSPS) is 17.1. The minimum Gasteiger partial charge on any atom is -0.350 e. The van der Waals surface area contributed by atoms with Gasteiger partial charge in [0, 0.05) is 0 Å². The van der Waals surface area contributed by atoms with Crippen LogP contribution < -0.4 is 0 Å². The van der Waals surface area contributed by atoms with Gasteiger partial charge < -0.3 is 4.74 Å². The van der Waals surface area contributed by atoms with Crippen molar-refractivity contribution in [2.45, 2.75) is 62.3 Å². The smallest absolute Gasteiger partial charge is 0.350 e. The summed E-state index contributed by atoms with van der Waals surface area (Å²) >= 11 is 0. The van der Waals surface area contributed by atoms with E-state index in [-0.39, 0.29) is 0 Å². The van der Waals surface area contributed by atoms with E-state index in [1.54, 1.807) is 0 Å². The molecule has 1 unspecified atom stereocenters. The van der Waals surface area contributed by atoms with Gasteiger partial charge >= 0.3 is 36.0 Å². The van der Waals surface area contributed by atoms with Crippen molar-refractivity contribution in [3.05, 3.63) is 0 Å². The van der Waals surface area contributed by atoms with E-state index in [1.807, 2.05) is 0 Å². The Labute approximate surface area is 125 Å². The van der Waals surface area contributed by atoms with Crippen LogP contribution in [0, 0.1) is 0 Å². The van der Waals surface area contributed by atoms with Crippen LogP contribution in [0.25, 0.3) is 0 Å². The molecule has 1 atom stereocenters. The fraction of sp³-hybridized carbons (Fsp3) is 1.00. The lowest BCUT2D eigenvalue weighted by molar-refractivity contribution is -0.486. The molecule has 0 saturated carbocycles. The largest absolute Gasteiger partial charge is 0.460 e. The first-order chi connectivity index (χ1) is 10.2. The maximum Gasteiger partial charge on any atom is 0.460 e. The topological polar surface area (TPSA) is 9.23 Å². The highest BCUT2D eigenvalue weighted by atomic mass is 19.4. The number of rotatable bonds is 5. The molecule has 0 radical (unpaired) electrons. The summed E-state index contributed by atoms with van der Waals surface area (Å²) in [6.45, 7) is 1.20. The maximum atomic E-state index is 13.5. The Morgan fingerprint density at radius 1 is 0.625 bits per heavy atom. The van der Waals surface area contributed by atoms with E-state index in [9.17, 15) is 57.1 Å². The Bertz CT molecular complexity index is 416. The average Bonchev–Trinajstić information content (AvgIpc) is 2.30. The lowest BCUT2D eigenvalue weighted by Gasteiger charge is -2.45. The number of hydrogen-bond acceptors (Lipinski definition) is 1. The van der Waals surface area contributed by atoms with E-state index in [1.165, 1.54) is 0 Å². The first kappa shape index (κ1) is 23.1. The summed E-state index contributed by atoms with van der Waals surface area (Å²) in [6.07, 6.45) is -25.3. The molecule has 0 rings (SSSR count). The molecule has 0 N–H and O–H groups in total. The summed E-state index contributed by atoms with van der Waals surface area (Å²) in [5.74, 6) is -15.4. The number of hydrogen-bond donors (Lipinski definition) is 0. The van der Waals surface area contributed by atoms with E-state index < -0.39 is 48.5 Å². The molecule has 0 amide bonds. The SMILES string of the molecule is CCC(C)OC(C(F)(F)F)(C(F)(F)F)C(F)(F)C(F)(F)C(F)(F)F. The van der Waals surface area contributed by atoms with Crippen LogP contribution in [0.15, 0.2) is 0 Å². The molecule has 0 aromatic carbocycles. The van der Waals surface area contributed by atoms with Crippen molar-refractivity contribution in [3.63, 3.8) is 0 Å². The van der Waals surface area contributed by atoms with E-state index in [4.69, 9.17) is 0 Å². The van der Waals surface area contributed by atoms with Crippen molar-refractivity contribution in [2.75, 3.05) is 0 Å². The fourth-order valence-corrected chi connectivity index (χ4v) is 1.51. The van der Waals surface area contributed by atoms with Crippen LogP contribution in [-0.4, -0.2) is 42.1 Å². The Balaban J connectivity index is 6.83. The number of alkyl halides is 13. The molecule has 0 aromatic heterocycles. The summed E-state index contributed by atoms with van der Waals surface area (Å²) in [6, 6.07) is 0. The first-order valence-electron chi connectivity index (χ1n) is 5.84. The van der Waals surface area contributed by atoms with Crippen LogP contribution in [0.3, 0.4) is 0 Å². The van der Waals surface area contributed by atoms with Gasteiger partial charge in [0.2, 0.25) is 0 Å². The zero-order valence-corrected chi connectivity index (χ0v) is 11.6. The van der Waals surface area contributed by atoms with Gasteiger partial charge in [0.05, 0.1) is 6.10 Å². The molecule has 0 saturated heterocycles. The van der Waals surface area contributed by atoms with Gasteiger partial charge in [-0.05, 0) is 13.3 Å². The molecule has 0 aliphatic carbocycles. The van der Waals surface area contributed by atoms with Crippen molar-refractivity contribution >= 4 is 0 Å². The average molecular weight is 392 g/mol. The highest BCUT2D eigenvalue weighted by Crippen LogP contribution is 2.62. The van der Waals surface area contributed by atoms with Gasteiger partial charge in [-0.25, -0.2) is 0 Å². The third-order valence-electron chi connectivity index (χ3n) is 2.94. The summed E-state index contributed by atoms with van der Waals surface area (Å²) in [5.41, 5.74) is -7.07. The van der Waals surface area contributed by atoms with Crippen molar-refractivity contribution in [3.8, 4) is 0 Å². The van der Waals surface area contributed by atoms with Gasteiger partial charge in [0.1, 0.15) is 0 Å². The predicted octanol–water partition coefficient (Wildman–Crippen LogP) is 5.50. The maximum absolute atomic E-state index is 13.5. The third-order valence-corrected chi connectivity index (χ3v) is 2.94. The monoisotopic (exact) mass is 392 g/mol. The van der Waals surface area contributed by atoms with E-state index >= 15 is 0 Å². The minimum atomic E-state index is -7.74. The lowest BCUT2D eigenvalue weighted by Crippen LogP contribution is -2.76. The molecule has 0 spiro atoms. The number of ether oxygens (including phenoxy) is 1. The van der Waals surface area contributed by atoms with Crippen LogP contribution >= 0.6 is 0 Å². The van der Waals surface area contributed by atoms with Crippen molar-refractivity contribution in [1.82, 2.24) is 0 Å². The van der Waals surface area contributed by atoms with Crippen LogP contribution in [-0.2, 0) is 4.74 Å². The number of halogens is 13. The Morgan fingerprint density at radius 3 is 1.17 bits per heavy atom. The summed E-state index contributed by atoms with van der Waals surface area (Å²) in [5, 5.41) is 0. The molecular weight excluding hydrogens is 383 g/mol. The molecule has 0 heterocycles. The first-order valence-corrected chi connectivity index (χ1v) is 5.84. The van der Waals surface area contributed by atoms with Crippen molar-refractivity contribution < 1.29 is 61.8 Å². The molecule has 0 aliphatic heterocycles. The zero-order valence-electron chi connectivity index (χ0n) is 11.6. The molecule has 0 aromatic rings. The second-order valence-electron chi connectivity index (χ2n) is 4.66. The molecule has 14 heteroatoms. The second-order valence-corrected chi connectivity index (χ2v) is 4.66. The Hall–Kier alpha value is -0.950. The summed E-state index contributed by atoms with van der Waals surface area (Å²) in [4.78, 5) is 0. The van der Waals surface area contributed by atoms with E-state index in [0.717, 1.165) is 6.92 Å². The van der Waals surface area contributed by atoms with Crippen molar-refractivity contribution in [1.29, 1.82) is 0 Å². The molecule has 146 valence electrons. The minimum absolute atomic E-state index is 0.369. The van der Waals surface area contributed by atoms with Gasteiger partial charge in [-0.2, -0.15) is 57.1 Å². The Morgan fingerprint density at radius 2 is 0.958 bits per heavy atom. The van der Waals surface area contributed by atoms with Gasteiger partial charge in [-0.1, -0.05) is 6.92 Å². The molecule has 24 heavy (non-hydrogen) atoms. The van der Waals surface area contributed by atoms with Crippen LogP contribution in [0.4, 0.5) is 57.1 Å². The quantitative estimate of drug-likeness (QED) is 0.562. The second kappa shape index (κ2) is 6.09. The van der Waals surface area contributed by atoms with E-state index in [0.29, 0.717) is 6.92 Å². The van der Waals surface area contributed by atoms with Crippen molar-refractivity contribution in [2.24, 2.45) is 0 Å². The highest BCUT2D eigenvalue weighted by Gasteiger charge is 2.93. The summed E-state index contributed by atoms with van der Waals surface area (Å²) in [7, 11) is 0. The van der Waals surface area contributed by atoms with Gasteiger partial charge in [0.15, 0.2) is 0 Å². The third kappa shape index (κ3) is 3.25. The van der Waals surface area contributed by atoms with Gasteiger partial charge in [-0.3, -0.25) is 0 Å². The summed E-state index contributed by atoms with van der Waals surface area (Å²) < 4.78 is 168.